The molecule has 0 atom stereocenters. The van der Waals surface area contributed by atoms with Gasteiger partial charge in [-0.2, -0.15) is 0 Å². The fourth-order valence-corrected chi connectivity index (χ4v) is 3.73. The van der Waals surface area contributed by atoms with Crippen LogP contribution in [0.1, 0.15) is 19.4 Å². The number of para-hydroxylation sites is 1. The van der Waals surface area contributed by atoms with Crippen LogP contribution in [-0.2, 0) is 15.0 Å². The minimum Gasteiger partial charge on any atom is -0.324 e. The summed E-state index contributed by atoms with van der Waals surface area (Å²) in [6.45, 7) is 3.65. The van der Waals surface area contributed by atoms with Crippen molar-refractivity contribution in [2.75, 3.05) is 16.8 Å². The molecule has 0 unspecified atom stereocenters. The first-order valence-electron chi connectivity index (χ1n) is 8.63. The number of aromatic nitrogens is 4. The molecule has 2 amide bonds. The van der Waals surface area contributed by atoms with Crippen LogP contribution in [0.2, 0.25) is 0 Å². The molecule has 142 valence electrons. The van der Waals surface area contributed by atoms with Crippen LogP contribution in [0.15, 0.2) is 46.9 Å². The molecule has 0 fully saturated rings. The predicted molar refractivity (Wildman–Crippen MR) is 108 cm³/mol. The van der Waals surface area contributed by atoms with Gasteiger partial charge in [0, 0.05) is 15.7 Å². The smallest absolute Gasteiger partial charge is 0.244 e. The zero-order valence-electron chi connectivity index (χ0n) is 15.2. The SMILES string of the molecule is CC1(C)C(=O)N(CC(=O)Nc2ccccc2-c2nnn[nH]2)c2ccc(Br)cc21. The summed E-state index contributed by atoms with van der Waals surface area (Å²) in [6.07, 6.45) is 0. The van der Waals surface area contributed by atoms with Gasteiger partial charge in [-0.05, 0) is 60.2 Å². The van der Waals surface area contributed by atoms with Crippen LogP contribution in [0.25, 0.3) is 11.4 Å². The number of carbonyl (C=O) groups excluding carboxylic acids is 2. The van der Waals surface area contributed by atoms with Crippen LogP contribution in [0, 0.1) is 0 Å². The number of halogens is 1. The number of amides is 2. The maximum Gasteiger partial charge on any atom is 0.244 e. The summed E-state index contributed by atoms with van der Waals surface area (Å²) >= 11 is 3.45. The van der Waals surface area contributed by atoms with Crippen molar-refractivity contribution in [3.05, 3.63) is 52.5 Å². The maximum absolute atomic E-state index is 12.9. The Balaban J connectivity index is 1.59. The molecule has 1 aromatic heterocycles. The molecule has 28 heavy (non-hydrogen) atoms. The van der Waals surface area contributed by atoms with Crippen LogP contribution < -0.4 is 10.2 Å². The fraction of sp³-hybridized carbons (Fsp3) is 0.211. The van der Waals surface area contributed by atoms with E-state index in [4.69, 9.17) is 0 Å². The Morgan fingerprint density at radius 3 is 2.79 bits per heavy atom. The first kappa shape index (κ1) is 18.3. The van der Waals surface area contributed by atoms with Gasteiger partial charge in [0.25, 0.3) is 0 Å². The molecule has 2 heterocycles. The van der Waals surface area contributed by atoms with Gasteiger partial charge in [-0.1, -0.05) is 28.1 Å². The number of fused-ring (bicyclic) bond motifs is 1. The number of carbonyl (C=O) groups is 2. The quantitative estimate of drug-likeness (QED) is 0.648. The third-order valence-electron chi connectivity index (χ3n) is 4.81. The molecule has 0 saturated carbocycles. The standard InChI is InChI=1S/C19H17BrN6O2/c1-19(2)13-9-11(20)7-8-15(13)26(18(19)28)10-16(27)21-14-6-4-3-5-12(14)17-22-24-25-23-17/h3-9H,10H2,1-2H3,(H,21,27)(H,22,23,24,25). The molecule has 0 bridgehead atoms. The fourth-order valence-electron chi connectivity index (χ4n) is 3.37. The minimum absolute atomic E-state index is 0.0834. The second-order valence-corrected chi connectivity index (χ2v) is 7.94. The van der Waals surface area contributed by atoms with E-state index >= 15 is 0 Å². The van der Waals surface area contributed by atoms with Crippen molar-refractivity contribution in [3.63, 3.8) is 0 Å². The van der Waals surface area contributed by atoms with E-state index in [-0.39, 0.29) is 18.4 Å². The number of hydrogen-bond donors (Lipinski definition) is 2. The van der Waals surface area contributed by atoms with Gasteiger partial charge in [-0.25, -0.2) is 5.10 Å². The number of hydrogen-bond acceptors (Lipinski definition) is 5. The van der Waals surface area contributed by atoms with E-state index in [9.17, 15) is 9.59 Å². The Morgan fingerprint density at radius 2 is 2.04 bits per heavy atom. The topological polar surface area (TPSA) is 104 Å². The summed E-state index contributed by atoms with van der Waals surface area (Å²) in [7, 11) is 0. The average molecular weight is 441 g/mol. The molecule has 2 aromatic carbocycles. The van der Waals surface area contributed by atoms with E-state index in [0.29, 0.717) is 17.1 Å². The molecule has 1 aliphatic heterocycles. The molecule has 2 N–H and O–H groups in total. The average Bonchev–Trinajstić information content (AvgIpc) is 3.25. The van der Waals surface area contributed by atoms with Crippen molar-refractivity contribution in [1.29, 1.82) is 0 Å². The van der Waals surface area contributed by atoms with Gasteiger partial charge in [-0.15, -0.1) is 5.10 Å². The number of nitrogens with one attached hydrogen (secondary N) is 2. The van der Waals surface area contributed by atoms with Gasteiger partial charge in [0.15, 0.2) is 5.82 Å². The van der Waals surface area contributed by atoms with E-state index < -0.39 is 5.41 Å². The van der Waals surface area contributed by atoms with E-state index in [2.05, 4.69) is 41.9 Å². The number of aromatic amines is 1. The molecule has 0 radical (unpaired) electrons. The van der Waals surface area contributed by atoms with E-state index in [0.717, 1.165) is 15.7 Å². The number of tetrazole rings is 1. The van der Waals surface area contributed by atoms with Crippen LogP contribution in [0.4, 0.5) is 11.4 Å². The van der Waals surface area contributed by atoms with Crippen molar-refractivity contribution in [1.82, 2.24) is 20.6 Å². The van der Waals surface area contributed by atoms with Crippen LogP contribution in [0.5, 0.6) is 0 Å². The minimum atomic E-state index is -0.692. The molecule has 0 spiro atoms. The zero-order valence-corrected chi connectivity index (χ0v) is 16.8. The monoisotopic (exact) mass is 440 g/mol. The summed E-state index contributed by atoms with van der Waals surface area (Å²) in [5.74, 6) is 0.0350. The highest BCUT2D eigenvalue weighted by molar-refractivity contribution is 9.10. The van der Waals surface area contributed by atoms with Gasteiger partial charge in [0.05, 0.1) is 11.1 Å². The Morgan fingerprint density at radius 1 is 1.25 bits per heavy atom. The lowest BCUT2D eigenvalue weighted by atomic mass is 9.86. The maximum atomic E-state index is 12.9. The third kappa shape index (κ3) is 3.07. The summed E-state index contributed by atoms with van der Waals surface area (Å²) in [5, 5.41) is 16.6. The van der Waals surface area contributed by atoms with Crippen molar-refractivity contribution in [2.24, 2.45) is 0 Å². The van der Waals surface area contributed by atoms with E-state index in [1.165, 1.54) is 4.90 Å². The molecule has 4 rings (SSSR count). The summed E-state index contributed by atoms with van der Waals surface area (Å²) < 4.78 is 0.896. The van der Waals surface area contributed by atoms with Gasteiger partial charge in [0.2, 0.25) is 11.8 Å². The second-order valence-electron chi connectivity index (χ2n) is 7.02. The van der Waals surface area contributed by atoms with Crippen molar-refractivity contribution in [3.8, 4) is 11.4 Å². The molecule has 9 heteroatoms. The first-order valence-corrected chi connectivity index (χ1v) is 9.42. The number of anilines is 2. The Labute approximate surface area is 169 Å². The highest BCUT2D eigenvalue weighted by atomic mass is 79.9. The van der Waals surface area contributed by atoms with Crippen LogP contribution in [0.3, 0.4) is 0 Å². The predicted octanol–water partition coefficient (Wildman–Crippen LogP) is 2.89. The molecule has 8 nitrogen and oxygen atoms in total. The number of H-pyrrole nitrogens is 1. The lowest BCUT2D eigenvalue weighted by Crippen LogP contribution is -2.40. The second kappa shape index (κ2) is 6.83. The Hall–Kier alpha value is -3.07. The van der Waals surface area contributed by atoms with Gasteiger partial charge >= 0.3 is 0 Å². The highest BCUT2D eigenvalue weighted by Crippen LogP contribution is 2.42. The summed E-state index contributed by atoms with van der Waals surface area (Å²) in [4.78, 5) is 27.2. The van der Waals surface area contributed by atoms with Gasteiger partial charge in [-0.3, -0.25) is 9.59 Å². The highest BCUT2D eigenvalue weighted by Gasteiger charge is 2.44. The lowest BCUT2D eigenvalue weighted by Gasteiger charge is -2.20. The van der Waals surface area contributed by atoms with Crippen molar-refractivity contribution < 1.29 is 9.59 Å². The third-order valence-corrected chi connectivity index (χ3v) is 5.30. The van der Waals surface area contributed by atoms with Crippen molar-refractivity contribution >= 4 is 39.1 Å². The van der Waals surface area contributed by atoms with Crippen LogP contribution in [-0.4, -0.2) is 39.0 Å². The van der Waals surface area contributed by atoms with E-state index in [1.807, 2.05) is 38.1 Å². The molecule has 1 aliphatic rings. The largest absolute Gasteiger partial charge is 0.324 e. The summed E-state index contributed by atoms with van der Waals surface area (Å²) in [6, 6.07) is 12.8. The first-order chi connectivity index (χ1) is 13.4. The zero-order chi connectivity index (χ0) is 19.9. The summed E-state index contributed by atoms with van der Waals surface area (Å²) in [5.41, 5.74) is 2.18. The van der Waals surface area contributed by atoms with Crippen LogP contribution >= 0.6 is 15.9 Å². The van der Waals surface area contributed by atoms with E-state index in [1.54, 1.807) is 18.2 Å². The lowest BCUT2D eigenvalue weighted by molar-refractivity contribution is -0.124. The van der Waals surface area contributed by atoms with Gasteiger partial charge < -0.3 is 10.2 Å². The van der Waals surface area contributed by atoms with Gasteiger partial charge in [0.1, 0.15) is 6.54 Å². The Bertz CT molecular complexity index is 1060. The number of benzene rings is 2. The molecule has 3 aromatic rings. The molecule has 0 saturated heterocycles. The number of nitrogens with zero attached hydrogens (tertiary/aromatic N) is 4. The molecular formula is C19H17BrN6O2. The number of rotatable bonds is 4. The Kier molecular flexibility index (Phi) is 4.46. The molecule has 0 aliphatic carbocycles. The normalized spacial score (nSPS) is 14.8. The van der Waals surface area contributed by atoms with Crippen molar-refractivity contribution in [2.45, 2.75) is 19.3 Å². The molecular weight excluding hydrogens is 424 g/mol.